The minimum atomic E-state index is -0.429. The van der Waals surface area contributed by atoms with Crippen LogP contribution in [0.4, 0.5) is 21.9 Å². The third-order valence-corrected chi connectivity index (χ3v) is 5.50. The Kier molecular flexibility index (Phi) is 5.63. The first-order valence-electron chi connectivity index (χ1n) is 9.17. The van der Waals surface area contributed by atoms with Crippen LogP contribution >= 0.6 is 11.8 Å². The van der Waals surface area contributed by atoms with E-state index >= 15 is 0 Å². The molecule has 4 aromatic rings. The van der Waals surface area contributed by atoms with Gasteiger partial charge in [0.25, 0.3) is 5.69 Å². The zero-order valence-corrected chi connectivity index (χ0v) is 16.6. The van der Waals surface area contributed by atoms with Crippen LogP contribution in [0, 0.1) is 10.1 Å². The highest BCUT2D eigenvalue weighted by Gasteiger charge is 2.10. The van der Waals surface area contributed by atoms with E-state index in [4.69, 9.17) is 0 Å². The first-order chi connectivity index (χ1) is 14.6. The Balaban J connectivity index is 1.47. The molecule has 0 fully saturated rings. The quantitative estimate of drug-likeness (QED) is 0.286. The number of para-hydroxylation sites is 1. The lowest BCUT2D eigenvalue weighted by Gasteiger charge is -2.12. The van der Waals surface area contributed by atoms with Crippen LogP contribution in [0.15, 0.2) is 101 Å². The average Bonchev–Trinajstić information content (AvgIpc) is 2.75. The zero-order valence-electron chi connectivity index (χ0n) is 15.7. The molecule has 0 aliphatic carbocycles. The Morgan fingerprint density at radius 2 is 1.50 bits per heavy atom. The highest BCUT2D eigenvalue weighted by molar-refractivity contribution is 7.99. The normalized spacial score (nSPS) is 10.5. The highest BCUT2D eigenvalue weighted by Crippen LogP contribution is 2.34. The number of anilines is 2. The Labute approximate surface area is 177 Å². The Hall–Kier alpha value is -3.84. The van der Waals surface area contributed by atoms with Crippen molar-refractivity contribution in [3.63, 3.8) is 0 Å². The molecule has 0 spiro atoms. The van der Waals surface area contributed by atoms with Crippen LogP contribution in [0.2, 0.25) is 0 Å². The van der Waals surface area contributed by atoms with E-state index in [1.165, 1.54) is 23.9 Å². The van der Waals surface area contributed by atoms with Gasteiger partial charge in [-0.3, -0.25) is 10.1 Å². The smallest absolute Gasteiger partial charge is 0.308 e. The molecule has 0 atom stereocenters. The fourth-order valence-corrected chi connectivity index (χ4v) is 3.88. The van der Waals surface area contributed by atoms with Gasteiger partial charge in [0.15, 0.2) is 0 Å². The van der Waals surface area contributed by atoms with E-state index in [1.54, 1.807) is 12.1 Å². The molecule has 0 unspecified atom stereocenters. The second kappa shape index (κ2) is 8.67. The number of hydrogen-bond acceptors (Lipinski definition) is 4. The van der Waals surface area contributed by atoms with Crippen molar-refractivity contribution in [2.24, 2.45) is 0 Å². The number of urea groups is 1. The Morgan fingerprint density at radius 1 is 0.800 bits per heavy atom. The molecular formula is C23H17N3O3S. The van der Waals surface area contributed by atoms with Gasteiger partial charge in [0.1, 0.15) is 0 Å². The maximum Gasteiger partial charge on any atom is 0.323 e. The molecule has 0 radical (unpaired) electrons. The maximum atomic E-state index is 12.5. The van der Waals surface area contributed by atoms with E-state index in [0.29, 0.717) is 11.4 Å². The largest absolute Gasteiger partial charge is 0.323 e. The third-order valence-electron chi connectivity index (χ3n) is 4.42. The molecule has 4 rings (SSSR count). The molecule has 0 aliphatic rings. The summed E-state index contributed by atoms with van der Waals surface area (Å²) in [6, 6.07) is 27.1. The summed E-state index contributed by atoms with van der Waals surface area (Å²) in [5.41, 5.74) is 1.39. The monoisotopic (exact) mass is 415 g/mol. The minimum Gasteiger partial charge on any atom is -0.308 e. The summed E-state index contributed by atoms with van der Waals surface area (Å²) in [6.45, 7) is 0. The molecule has 0 heterocycles. The predicted octanol–water partition coefficient (Wildman–Crippen LogP) is 6.54. The average molecular weight is 415 g/mol. The lowest BCUT2D eigenvalue weighted by molar-refractivity contribution is -0.384. The van der Waals surface area contributed by atoms with E-state index in [1.807, 2.05) is 66.7 Å². The Morgan fingerprint density at radius 3 is 2.27 bits per heavy atom. The highest BCUT2D eigenvalue weighted by atomic mass is 32.2. The van der Waals surface area contributed by atoms with Gasteiger partial charge in [-0.05, 0) is 47.2 Å². The summed E-state index contributed by atoms with van der Waals surface area (Å²) < 4.78 is 0. The fourth-order valence-electron chi connectivity index (χ4n) is 2.97. The van der Waals surface area contributed by atoms with Gasteiger partial charge in [-0.2, -0.15) is 0 Å². The number of carbonyl (C=O) groups is 1. The van der Waals surface area contributed by atoms with E-state index in [2.05, 4.69) is 10.6 Å². The number of benzene rings is 4. The summed E-state index contributed by atoms with van der Waals surface area (Å²) in [7, 11) is 0. The number of amides is 2. The molecule has 2 amide bonds. The first-order valence-corrected chi connectivity index (χ1v) is 9.98. The van der Waals surface area contributed by atoms with Crippen molar-refractivity contribution >= 4 is 45.6 Å². The number of nitrogens with one attached hydrogen (secondary N) is 2. The number of hydrogen-bond donors (Lipinski definition) is 2. The summed E-state index contributed by atoms with van der Waals surface area (Å²) >= 11 is 1.42. The molecule has 4 aromatic carbocycles. The number of fused-ring (bicyclic) bond motifs is 1. The van der Waals surface area contributed by atoms with Gasteiger partial charge >= 0.3 is 6.03 Å². The molecule has 2 N–H and O–H groups in total. The number of non-ortho nitro benzene ring substituents is 1. The third kappa shape index (κ3) is 4.59. The molecule has 0 bridgehead atoms. The van der Waals surface area contributed by atoms with Crippen molar-refractivity contribution in [1.29, 1.82) is 0 Å². The standard InChI is InChI=1S/C23H17N3O3S/c27-23(24-18-10-9-16-5-1-2-6-17(16)15-18)25-21-7-3-4-8-22(21)30-20-13-11-19(12-14-20)26(28)29/h1-15H,(H2,24,25,27). The van der Waals surface area contributed by atoms with Crippen LogP contribution in [0.3, 0.4) is 0 Å². The van der Waals surface area contributed by atoms with Crippen LogP contribution in [0.5, 0.6) is 0 Å². The summed E-state index contributed by atoms with van der Waals surface area (Å²) in [5, 5.41) is 18.7. The summed E-state index contributed by atoms with van der Waals surface area (Å²) in [6.07, 6.45) is 0. The molecule has 7 heteroatoms. The molecule has 30 heavy (non-hydrogen) atoms. The van der Waals surface area contributed by atoms with Crippen LogP contribution in [-0.4, -0.2) is 11.0 Å². The van der Waals surface area contributed by atoms with Gasteiger partial charge in [-0.25, -0.2) is 4.79 Å². The maximum absolute atomic E-state index is 12.5. The van der Waals surface area contributed by atoms with Gasteiger partial charge in [0.2, 0.25) is 0 Å². The number of nitro groups is 1. The lowest BCUT2D eigenvalue weighted by Crippen LogP contribution is -2.19. The second-order valence-corrected chi connectivity index (χ2v) is 7.61. The SMILES string of the molecule is O=C(Nc1ccc2ccccc2c1)Nc1ccccc1Sc1ccc([N+](=O)[O-])cc1. The van der Waals surface area contributed by atoms with Crippen LogP contribution in [-0.2, 0) is 0 Å². The van der Waals surface area contributed by atoms with Gasteiger partial charge in [0, 0.05) is 27.6 Å². The topological polar surface area (TPSA) is 84.3 Å². The molecule has 0 aliphatic heterocycles. The Bertz CT molecular complexity index is 1230. The van der Waals surface area contributed by atoms with Crippen molar-refractivity contribution in [1.82, 2.24) is 0 Å². The first kappa shape index (κ1) is 19.5. The van der Waals surface area contributed by atoms with Crippen molar-refractivity contribution in [2.45, 2.75) is 9.79 Å². The van der Waals surface area contributed by atoms with Crippen LogP contribution in [0.1, 0.15) is 0 Å². The van der Waals surface area contributed by atoms with Gasteiger partial charge in [0.05, 0.1) is 10.6 Å². The van der Waals surface area contributed by atoms with Crippen molar-refractivity contribution in [3.05, 3.63) is 101 Å². The van der Waals surface area contributed by atoms with E-state index in [-0.39, 0.29) is 11.7 Å². The minimum absolute atomic E-state index is 0.0422. The molecule has 0 saturated carbocycles. The summed E-state index contributed by atoms with van der Waals surface area (Å²) in [5.74, 6) is 0. The molecule has 148 valence electrons. The van der Waals surface area contributed by atoms with Crippen molar-refractivity contribution < 1.29 is 9.72 Å². The lowest BCUT2D eigenvalue weighted by atomic mass is 10.1. The fraction of sp³-hybridized carbons (Fsp3) is 0. The zero-order chi connectivity index (χ0) is 20.9. The molecule has 0 aromatic heterocycles. The van der Waals surface area contributed by atoms with Crippen LogP contribution in [0.25, 0.3) is 10.8 Å². The van der Waals surface area contributed by atoms with Crippen molar-refractivity contribution in [2.75, 3.05) is 10.6 Å². The second-order valence-electron chi connectivity index (χ2n) is 6.49. The van der Waals surface area contributed by atoms with E-state index < -0.39 is 4.92 Å². The molecule has 0 saturated heterocycles. The number of nitro benzene ring substituents is 1. The number of rotatable bonds is 5. The molecular weight excluding hydrogens is 398 g/mol. The summed E-state index contributed by atoms with van der Waals surface area (Å²) in [4.78, 5) is 24.6. The molecule has 6 nitrogen and oxygen atoms in total. The predicted molar refractivity (Wildman–Crippen MR) is 120 cm³/mol. The van der Waals surface area contributed by atoms with Crippen LogP contribution < -0.4 is 10.6 Å². The van der Waals surface area contributed by atoms with E-state index in [9.17, 15) is 14.9 Å². The van der Waals surface area contributed by atoms with E-state index in [0.717, 1.165) is 20.6 Å². The van der Waals surface area contributed by atoms with Gasteiger partial charge in [-0.1, -0.05) is 54.2 Å². The van der Waals surface area contributed by atoms with Crippen molar-refractivity contribution in [3.8, 4) is 0 Å². The van der Waals surface area contributed by atoms with Gasteiger partial charge in [-0.15, -0.1) is 0 Å². The number of nitrogens with zero attached hydrogens (tertiary/aromatic N) is 1. The number of carbonyl (C=O) groups excluding carboxylic acids is 1. The van der Waals surface area contributed by atoms with Gasteiger partial charge < -0.3 is 10.6 Å².